The summed E-state index contributed by atoms with van der Waals surface area (Å²) in [5.41, 5.74) is 2.71. The Morgan fingerprint density at radius 3 is 3.00 bits per heavy atom. The summed E-state index contributed by atoms with van der Waals surface area (Å²) >= 11 is 0. The number of carbonyl (C=O) groups is 1. The largest absolute Gasteiger partial charge is 0.497 e. The van der Waals surface area contributed by atoms with Crippen LogP contribution in [0.1, 0.15) is 43.2 Å². The van der Waals surface area contributed by atoms with E-state index in [1.807, 2.05) is 11.0 Å². The smallest absolute Gasteiger partial charge is 0.223 e. The molecule has 23 heavy (non-hydrogen) atoms. The molecule has 2 atom stereocenters. The van der Waals surface area contributed by atoms with Crippen molar-refractivity contribution in [3.05, 3.63) is 29.3 Å². The van der Waals surface area contributed by atoms with Gasteiger partial charge in [-0.25, -0.2) is 0 Å². The van der Waals surface area contributed by atoms with Gasteiger partial charge in [0.1, 0.15) is 5.75 Å². The van der Waals surface area contributed by atoms with Crippen LogP contribution in [0, 0.1) is 0 Å². The van der Waals surface area contributed by atoms with Crippen LogP contribution in [0.3, 0.4) is 0 Å². The number of halogens is 1. The molecule has 1 aliphatic carbocycles. The van der Waals surface area contributed by atoms with Gasteiger partial charge in [-0.2, -0.15) is 0 Å². The molecule has 1 aliphatic heterocycles. The van der Waals surface area contributed by atoms with Crippen molar-refractivity contribution in [2.45, 2.75) is 44.6 Å². The number of nitrogens with zero attached hydrogens (tertiary/aromatic N) is 1. The number of hydrogen-bond donors (Lipinski definition) is 1. The van der Waals surface area contributed by atoms with Crippen LogP contribution >= 0.6 is 12.4 Å². The molecule has 3 rings (SSSR count). The number of carbonyl (C=O) groups excluding carboxylic acids is 1. The molecule has 0 aromatic heterocycles. The molecule has 4 nitrogen and oxygen atoms in total. The van der Waals surface area contributed by atoms with Crippen LogP contribution < -0.4 is 10.1 Å². The topological polar surface area (TPSA) is 41.6 Å². The van der Waals surface area contributed by atoms with Crippen molar-refractivity contribution in [3.8, 4) is 5.75 Å². The molecule has 1 unspecified atom stereocenters. The fraction of sp³-hybridized carbons (Fsp3) is 0.611. The Morgan fingerprint density at radius 1 is 1.43 bits per heavy atom. The Kier molecular flexibility index (Phi) is 6.31. The zero-order chi connectivity index (χ0) is 15.5. The summed E-state index contributed by atoms with van der Waals surface area (Å²) in [6.45, 7) is 4.78. The SMILES string of the molecule is COc1ccc2c(c1)CCCC2CC(=O)N1CCNC[C@H]1C.Cl. The van der Waals surface area contributed by atoms with E-state index in [0.29, 0.717) is 24.3 Å². The number of rotatable bonds is 3. The Hall–Kier alpha value is -1.26. The summed E-state index contributed by atoms with van der Waals surface area (Å²) in [6.07, 6.45) is 4.02. The highest BCUT2D eigenvalue weighted by Gasteiger charge is 2.28. The lowest BCUT2D eigenvalue weighted by Crippen LogP contribution is -2.52. The van der Waals surface area contributed by atoms with Gasteiger partial charge in [0.2, 0.25) is 5.91 Å². The van der Waals surface area contributed by atoms with Crippen LogP contribution in [0.2, 0.25) is 0 Å². The van der Waals surface area contributed by atoms with Crippen LogP contribution in [0.4, 0.5) is 0 Å². The lowest BCUT2D eigenvalue weighted by molar-refractivity contribution is -0.134. The van der Waals surface area contributed by atoms with Crippen LogP contribution in [0.5, 0.6) is 5.75 Å². The maximum atomic E-state index is 12.7. The first kappa shape index (κ1) is 18.1. The first-order valence-corrected chi connectivity index (χ1v) is 8.36. The molecule has 1 saturated heterocycles. The van der Waals surface area contributed by atoms with Crippen molar-refractivity contribution in [1.29, 1.82) is 0 Å². The maximum absolute atomic E-state index is 12.7. The van der Waals surface area contributed by atoms with Crippen molar-refractivity contribution < 1.29 is 9.53 Å². The van der Waals surface area contributed by atoms with E-state index in [1.165, 1.54) is 11.1 Å². The van der Waals surface area contributed by atoms with Crippen LogP contribution in [0.15, 0.2) is 18.2 Å². The minimum atomic E-state index is 0. The Bertz CT molecular complexity index is 550. The van der Waals surface area contributed by atoms with Crippen molar-refractivity contribution in [2.75, 3.05) is 26.7 Å². The zero-order valence-electron chi connectivity index (χ0n) is 14.0. The van der Waals surface area contributed by atoms with E-state index in [0.717, 1.165) is 44.6 Å². The second kappa shape index (κ2) is 8.02. The summed E-state index contributed by atoms with van der Waals surface area (Å²) < 4.78 is 5.32. The van der Waals surface area contributed by atoms with E-state index >= 15 is 0 Å². The number of nitrogens with one attached hydrogen (secondary N) is 1. The normalized spacial score (nSPS) is 23.7. The first-order valence-electron chi connectivity index (χ1n) is 8.36. The van der Waals surface area contributed by atoms with Crippen molar-refractivity contribution >= 4 is 18.3 Å². The van der Waals surface area contributed by atoms with Gasteiger partial charge in [-0.15, -0.1) is 12.4 Å². The highest BCUT2D eigenvalue weighted by Crippen LogP contribution is 2.36. The summed E-state index contributed by atoms with van der Waals surface area (Å²) in [7, 11) is 1.71. The third-order valence-corrected chi connectivity index (χ3v) is 5.03. The lowest BCUT2D eigenvalue weighted by atomic mass is 9.80. The third-order valence-electron chi connectivity index (χ3n) is 5.03. The Labute approximate surface area is 145 Å². The van der Waals surface area contributed by atoms with E-state index in [2.05, 4.69) is 24.4 Å². The first-order chi connectivity index (χ1) is 10.7. The predicted octanol–water partition coefficient (Wildman–Crippen LogP) is 2.75. The molecule has 1 heterocycles. The van der Waals surface area contributed by atoms with Gasteiger partial charge in [-0.3, -0.25) is 4.79 Å². The lowest BCUT2D eigenvalue weighted by Gasteiger charge is -2.35. The number of methoxy groups -OCH3 is 1. The van der Waals surface area contributed by atoms with Gasteiger partial charge >= 0.3 is 0 Å². The molecule has 0 radical (unpaired) electrons. The average Bonchev–Trinajstić information content (AvgIpc) is 2.55. The molecule has 1 amide bonds. The van der Waals surface area contributed by atoms with E-state index in [1.54, 1.807) is 7.11 Å². The van der Waals surface area contributed by atoms with E-state index in [9.17, 15) is 4.79 Å². The van der Waals surface area contributed by atoms with Crippen LogP contribution in [-0.2, 0) is 11.2 Å². The van der Waals surface area contributed by atoms with Gasteiger partial charge in [-0.05, 0) is 55.4 Å². The Morgan fingerprint density at radius 2 is 2.26 bits per heavy atom. The molecule has 0 saturated carbocycles. The summed E-state index contributed by atoms with van der Waals surface area (Å²) in [5, 5.41) is 3.34. The average molecular weight is 339 g/mol. The van der Waals surface area contributed by atoms with Gasteiger partial charge in [0.25, 0.3) is 0 Å². The summed E-state index contributed by atoms with van der Waals surface area (Å²) in [4.78, 5) is 14.7. The van der Waals surface area contributed by atoms with Crippen molar-refractivity contribution in [3.63, 3.8) is 0 Å². The molecular weight excluding hydrogens is 312 g/mol. The van der Waals surface area contributed by atoms with Gasteiger partial charge in [0, 0.05) is 32.1 Å². The highest BCUT2D eigenvalue weighted by molar-refractivity contribution is 5.85. The second-order valence-corrected chi connectivity index (χ2v) is 6.50. The molecule has 1 aromatic rings. The molecule has 1 N–H and O–H groups in total. The number of fused-ring (bicyclic) bond motifs is 1. The molecule has 1 aromatic carbocycles. The standard InChI is InChI=1S/C18H26N2O2.ClH/c1-13-12-19-8-9-20(13)18(21)11-15-5-3-4-14-10-16(22-2)6-7-17(14)15;/h6-7,10,13,15,19H,3-5,8-9,11-12H2,1-2H3;1H/t13-,15?;/m1./s1. The van der Waals surface area contributed by atoms with Gasteiger partial charge in [0.15, 0.2) is 0 Å². The fourth-order valence-corrected chi connectivity index (χ4v) is 3.77. The molecule has 0 spiro atoms. The molecule has 2 aliphatic rings. The fourth-order valence-electron chi connectivity index (χ4n) is 3.77. The van der Waals surface area contributed by atoms with E-state index in [-0.39, 0.29) is 12.4 Å². The molecular formula is C18H27ClN2O2. The minimum absolute atomic E-state index is 0. The van der Waals surface area contributed by atoms with Gasteiger partial charge < -0.3 is 15.0 Å². The quantitative estimate of drug-likeness (QED) is 0.921. The van der Waals surface area contributed by atoms with Crippen LogP contribution in [0.25, 0.3) is 0 Å². The number of piperazine rings is 1. The second-order valence-electron chi connectivity index (χ2n) is 6.50. The Balaban J connectivity index is 0.00000192. The number of benzene rings is 1. The number of amides is 1. The number of aryl methyl sites for hydroxylation is 1. The molecule has 128 valence electrons. The molecule has 0 bridgehead atoms. The predicted molar refractivity (Wildman–Crippen MR) is 94.6 cm³/mol. The maximum Gasteiger partial charge on any atom is 0.223 e. The highest BCUT2D eigenvalue weighted by atomic mass is 35.5. The van der Waals surface area contributed by atoms with Gasteiger partial charge in [-0.1, -0.05) is 6.07 Å². The third kappa shape index (κ3) is 3.99. The monoisotopic (exact) mass is 338 g/mol. The minimum Gasteiger partial charge on any atom is -0.497 e. The zero-order valence-corrected chi connectivity index (χ0v) is 14.8. The van der Waals surface area contributed by atoms with Crippen molar-refractivity contribution in [2.24, 2.45) is 0 Å². The summed E-state index contributed by atoms with van der Waals surface area (Å²) in [6, 6.07) is 6.63. The molecule has 1 fully saturated rings. The van der Waals surface area contributed by atoms with Crippen molar-refractivity contribution in [1.82, 2.24) is 10.2 Å². The summed E-state index contributed by atoms with van der Waals surface area (Å²) in [5.74, 6) is 1.59. The molecule has 5 heteroatoms. The number of ether oxygens (including phenoxy) is 1. The number of hydrogen-bond acceptors (Lipinski definition) is 3. The van der Waals surface area contributed by atoms with Gasteiger partial charge in [0.05, 0.1) is 7.11 Å². The van der Waals surface area contributed by atoms with E-state index in [4.69, 9.17) is 4.74 Å². The van der Waals surface area contributed by atoms with E-state index < -0.39 is 0 Å². The van der Waals surface area contributed by atoms with Crippen LogP contribution in [-0.4, -0.2) is 43.6 Å².